The molecule has 0 saturated heterocycles. The van der Waals surface area contributed by atoms with Crippen LogP contribution in [0.4, 0.5) is 4.79 Å². The number of nitrogens with zero attached hydrogens (tertiary/aromatic N) is 2. The largest absolute Gasteiger partial charge is 0.521 e. The van der Waals surface area contributed by atoms with Crippen LogP contribution in [-0.2, 0) is 0 Å². The zero-order chi connectivity index (χ0) is 13.7. The Morgan fingerprint density at radius 3 is 2.53 bits per heavy atom. The van der Waals surface area contributed by atoms with Gasteiger partial charge in [0.2, 0.25) is 5.88 Å². The van der Waals surface area contributed by atoms with Gasteiger partial charge in [0, 0.05) is 11.8 Å². The van der Waals surface area contributed by atoms with Crippen molar-refractivity contribution in [3.05, 3.63) is 42.1 Å². The number of carbonyl (C=O) groups is 1. The number of benzene rings is 1. The minimum atomic E-state index is -0.904. The van der Waals surface area contributed by atoms with Gasteiger partial charge < -0.3 is 14.2 Å². The zero-order valence-corrected chi connectivity index (χ0v) is 10.5. The number of methoxy groups -OCH3 is 1. The number of aryl methyl sites for hydroxylation is 1. The van der Waals surface area contributed by atoms with Crippen molar-refractivity contribution in [2.45, 2.75) is 6.92 Å². The number of para-hydroxylation sites is 1. The number of carbonyl (C=O) groups excluding carboxylic acids is 1. The quantitative estimate of drug-likeness (QED) is 0.623. The Labute approximate surface area is 110 Å². The van der Waals surface area contributed by atoms with Gasteiger partial charge in [0.15, 0.2) is 0 Å². The summed E-state index contributed by atoms with van der Waals surface area (Å²) in [6.07, 6.45) is -0.904. The fourth-order valence-electron chi connectivity index (χ4n) is 1.34. The highest BCUT2D eigenvalue weighted by Gasteiger charge is 2.11. The fourth-order valence-corrected chi connectivity index (χ4v) is 1.34. The lowest BCUT2D eigenvalue weighted by atomic mass is 10.3. The first kappa shape index (κ1) is 12.8. The monoisotopic (exact) mass is 260 g/mol. The SMILES string of the molecule is COc1cc(C)nc(OC(=O)Oc2ccccc2)n1. The molecule has 6 nitrogen and oxygen atoms in total. The highest BCUT2D eigenvalue weighted by Crippen LogP contribution is 2.14. The molecule has 2 rings (SSSR count). The van der Waals surface area contributed by atoms with Crippen LogP contribution in [0.2, 0.25) is 0 Å². The Morgan fingerprint density at radius 2 is 1.84 bits per heavy atom. The van der Waals surface area contributed by atoms with Gasteiger partial charge >= 0.3 is 12.2 Å². The minimum Gasteiger partial charge on any atom is -0.481 e. The van der Waals surface area contributed by atoms with Gasteiger partial charge in [0.1, 0.15) is 5.75 Å². The van der Waals surface area contributed by atoms with Gasteiger partial charge in [-0.05, 0) is 19.1 Å². The van der Waals surface area contributed by atoms with Crippen molar-refractivity contribution < 1.29 is 19.0 Å². The van der Waals surface area contributed by atoms with E-state index in [1.807, 2.05) is 6.07 Å². The second-order valence-corrected chi connectivity index (χ2v) is 3.60. The molecule has 0 unspecified atom stereocenters. The Hall–Kier alpha value is -2.63. The van der Waals surface area contributed by atoms with Crippen LogP contribution in [0.1, 0.15) is 5.69 Å². The summed E-state index contributed by atoms with van der Waals surface area (Å²) >= 11 is 0. The molecule has 0 bridgehead atoms. The maximum absolute atomic E-state index is 11.5. The molecule has 0 aliphatic carbocycles. The molecule has 0 amide bonds. The van der Waals surface area contributed by atoms with Gasteiger partial charge in [0.05, 0.1) is 7.11 Å². The molecule has 0 saturated carbocycles. The maximum atomic E-state index is 11.5. The van der Waals surface area contributed by atoms with Crippen LogP contribution >= 0.6 is 0 Å². The second-order valence-electron chi connectivity index (χ2n) is 3.60. The molecule has 0 aliphatic rings. The van der Waals surface area contributed by atoms with Crippen molar-refractivity contribution in [3.63, 3.8) is 0 Å². The summed E-state index contributed by atoms with van der Waals surface area (Å²) in [5.41, 5.74) is 0.620. The van der Waals surface area contributed by atoms with Crippen LogP contribution in [-0.4, -0.2) is 23.2 Å². The molecular formula is C13H12N2O4. The molecule has 1 aromatic carbocycles. The summed E-state index contributed by atoms with van der Waals surface area (Å²) in [6.45, 7) is 1.74. The lowest BCUT2D eigenvalue weighted by Gasteiger charge is -2.05. The molecule has 0 spiro atoms. The number of ether oxygens (including phenoxy) is 3. The summed E-state index contributed by atoms with van der Waals surface area (Å²) in [5.74, 6) is 0.696. The van der Waals surface area contributed by atoms with E-state index in [2.05, 4.69) is 9.97 Å². The van der Waals surface area contributed by atoms with E-state index in [0.717, 1.165) is 0 Å². The Bertz CT molecular complexity index is 572. The number of rotatable bonds is 3. The van der Waals surface area contributed by atoms with Gasteiger partial charge in [-0.25, -0.2) is 4.79 Å². The standard InChI is InChI=1S/C13H12N2O4/c1-9-8-11(17-2)15-12(14-9)19-13(16)18-10-6-4-3-5-7-10/h3-8H,1-2H3. The minimum absolute atomic E-state index is 0.113. The van der Waals surface area contributed by atoms with Gasteiger partial charge in [-0.3, -0.25) is 0 Å². The van der Waals surface area contributed by atoms with E-state index in [1.54, 1.807) is 37.3 Å². The third-order valence-electron chi connectivity index (χ3n) is 2.14. The van der Waals surface area contributed by atoms with E-state index < -0.39 is 6.16 Å². The maximum Gasteiger partial charge on any atom is 0.521 e. The van der Waals surface area contributed by atoms with Gasteiger partial charge in [-0.2, -0.15) is 9.97 Å². The molecule has 2 aromatic rings. The average Bonchev–Trinajstić information content (AvgIpc) is 2.38. The molecule has 19 heavy (non-hydrogen) atoms. The van der Waals surface area contributed by atoms with E-state index in [0.29, 0.717) is 17.3 Å². The van der Waals surface area contributed by atoms with Crippen LogP contribution in [0.3, 0.4) is 0 Å². The number of aromatic nitrogens is 2. The van der Waals surface area contributed by atoms with Crippen molar-refractivity contribution in [1.82, 2.24) is 9.97 Å². The fraction of sp³-hybridized carbons (Fsp3) is 0.154. The highest BCUT2D eigenvalue weighted by atomic mass is 16.7. The molecular weight excluding hydrogens is 248 g/mol. The van der Waals surface area contributed by atoms with Crippen LogP contribution in [0.15, 0.2) is 36.4 Å². The number of hydrogen-bond donors (Lipinski definition) is 0. The van der Waals surface area contributed by atoms with Crippen LogP contribution in [0.25, 0.3) is 0 Å². The Morgan fingerprint density at radius 1 is 1.11 bits per heavy atom. The molecule has 1 heterocycles. The molecule has 0 aliphatic heterocycles. The highest BCUT2D eigenvalue weighted by molar-refractivity contribution is 5.66. The first-order valence-electron chi connectivity index (χ1n) is 5.52. The second kappa shape index (κ2) is 5.81. The summed E-state index contributed by atoms with van der Waals surface area (Å²) in [5, 5.41) is 0. The molecule has 0 atom stereocenters. The third-order valence-corrected chi connectivity index (χ3v) is 2.14. The van der Waals surface area contributed by atoms with Crippen molar-refractivity contribution >= 4 is 6.16 Å². The van der Waals surface area contributed by atoms with E-state index in [9.17, 15) is 4.79 Å². The van der Waals surface area contributed by atoms with Crippen LogP contribution in [0, 0.1) is 6.92 Å². The lowest BCUT2D eigenvalue weighted by molar-refractivity contribution is 0.147. The predicted molar refractivity (Wildman–Crippen MR) is 66.4 cm³/mol. The first-order chi connectivity index (χ1) is 9.17. The van der Waals surface area contributed by atoms with Crippen LogP contribution in [0.5, 0.6) is 17.6 Å². The summed E-state index contributed by atoms with van der Waals surface area (Å²) in [7, 11) is 1.47. The van der Waals surface area contributed by atoms with Gasteiger partial charge in [-0.15, -0.1) is 0 Å². The smallest absolute Gasteiger partial charge is 0.481 e. The average molecular weight is 260 g/mol. The summed E-state index contributed by atoms with van der Waals surface area (Å²) in [4.78, 5) is 19.4. The van der Waals surface area contributed by atoms with Gasteiger partial charge in [-0.1, -0.05) is 18.2 Å². The first-order valence-corrected chi connectivity index (χ1v) is 5.52. The van der Waals surface area contributed by atoms with Crippen molar-refractivity contribution in [1.29, 1.82) is 0 Å². The van der Waals surface area contributed by atoms with Crippen LogP contribution < -0.4 is 14.2 Å². The zero-order valence-electron chi connectivity index (χ0n) is 10.5. The normalized spacial score (nSPS) is 9.79. The predicted octanol–water partition coefficient (Wildman–Crippen LogP) is 2.37. The Balaban J connectivity index is 2.05. The van der Waals surface area contributed by atoms with Crippen molar-refractivity contribution in [2.24, 2.45) is 0 Å². The Kier molecular flexibility index (Phi) is 3.92. The lowest BCUT2D eigenvalue weighted by Crippen LogP contribution is -2.15. The molecule has 0 N–H and O–H groups in total. The molecule has 0 fully saturated rings. The topological polar surface area (TPSA) is 70.5 Å². The molecule has 6 heteroatoms. The van der Waals surface area contributed by atoms with E-state index in [4.69, 9.17) is 14.2 Å². The molecule has 98 valence electrons. The molecule has 0 radical (unpaired) electrons. The van der Waals surface area contributed by atoms with Crippen molar-refractivity contribution in [2.75, 3.05) is 7.11 Å². The van der Waals surface area contributed by atoms with Crippen molar-refractivity contribution in [3.8, 4) is 17.6 Å². The molecule has 1 aromatic heterocycles. The third kappa shape index (κ3) is 3.67. The number of hydrogen-bond acceptors (Lipinski definition) is 6. The van der Waals surface area contributed by atoms with Gasteiger partial charge in [0.25, 0.3) is 0 Å². The van der Waals surface area contributed by atoms with E-state index in [-0.39, 0.29) is 6.01 Å². The van der Waals surface area contributed by atoms with E-state index in [1.165, 1.54) is 7.11 Å². The summed E-state index contributed by atoms with van der Waals surface area (Å²) < 4.78 is 14.8. The summed E-state index contributed by atoms with van der Waals surface area (Å²) in [6, 6.07) is 10.1. The van der Waals surface area contributed by atoms with E-state index >= 15 is 0 Å².